The number of nitrogens with zero attached hydrogens (tertiary/aromatic N) is 1. The van der Waals surface area contributed by atoms with Crippen LogP contribution >= 0.6 is 0 Å². The number of nitrogens with one attached hydrogen (secondary N) is 1. The standard InChI is InChI=1S/C13H19N3O2/c1-2-18-12-5-3-11(4-6-12)16-8-10(7-14)15-13(17)9-16/h3-6,10H,2,7-9,14H2,1H3,(H,15,17). The number of anilines is 1. The van der Waals surface area contributed by atoms with Crippen molar-refractivity contribution in [3.8, 4) is 5.75 Å². The third-order valence-electron chi connectivity index (χ3n) is 2.94. The molecule has 1 heterocycles. The summed E-state index contributed by atoms with van der Waals surface area (Å²) in [5.74, 6) is 0.865. The van der Waals surface area contributed by atoms with Crippen LogP contribution in [0, 0.1) is 0 Å². The van der Waals surface area contributed by atoms with Gasteiger partial charge in [-0.25, -0.2) is 0 Å². The van der Waals surface area contributed by atoms with Crippen LogP contribution in [0.4, 0.5) is 5.69 Å². The van der Waals surface area contributed by atoms with E-state index in [-0.39, 0.29) is 11.9 Å². The molecular weight excluding hydrogens is 230 g/mol. The minimum Gasteiger partial charge on any atom is -0.494 e. The lowest BCUT2D eigenvalue weighted by Crippen LogP contribution is -2.56. The summed E-state index contributed by atoms with van der Waals surface area (Å²) in [6.45, 7) is 4.19. The van der Waals surface area contributed by atoms with Crippen molar-refractivity contribution in [3.63, 3.8) is 0 Å². The second kappa shape index (κ2) is 5.73. The van der Waals surface area contributed by atoms with Crippen molar-refractivity contribution in [2.75, 3.05) is 31.1 Å². The zero-order chi connectivity index (χ0) is 13.0. The quantitative estimate of drug-likeness (QED) is 0.808. The maximum absolute atomic E-state index is 11.6. The van der Waals surface area contributed by atoms with Gasteiger partial charge in [0.1, 0.15) is 5.75 Å². The Morgan fingerprint density at radius 3 is 2.78 bits per heavy atom. The average Bonchev–Trinajstić information content (AvgIpc) is 2.39. The van der Waals surface area contributed by atoms with Crippen molar-refractivity contribution in [2.45, 2.75) is 13.0 Å². The first-order valence-corrected chi connectivity index (χ1v) is 6.20. The fourth-order valence-corrected chi connectivity index (χ4v) is 2.07. The van der Waals surface area contributed by atoms with Gasteiger partial charge in [-0.3, -0.25) is 4.79 Å². The number of amides is 1. The molecule has 1 atom stereocenters. The van der Waals surface area contributed by atoms with E-state index in [0.717, 1.165) is 18.0 Å². The number of hydrogen-bond acceptors (Lipinski definition) is 4. The third-order valence-corrected chi connectivity index (χ3v) is 2.94. The molecule has 3 N–H and O–H groups in total. The molecule has 2 rings (SSSR count). The van der Waals surface area contributed by atoms with Crippen molar-refractivity contribution in [1.29, 1.82) is 0 Å². The summed E-state index contributed by atoms with van der Waals surface area (Å²) < 4.78 is 5.39. The lowest BCUT2D eigenvalue weighted by molar-refractivity contribution is -0.121. The molecule has 1 saturated heterocycles. The highest BCUT2D eigenvalue weighted by atomic mass is 16.5. The number of hydrogen-bond donors (Lipinski definition) is 2. The van der Waals surface area contributed by atoms with E-state index >= 15 is 0 Å². The van der Waals surface area contributed by atoms with E-state index < -0.39 is 0 Å². The van der Waals surface area contributed by atoms with Crippen molar-refractivity contribution >= 4 is 11.6 Å². The number of benzene rings is 1. The van der Waals surface area contributed by atoms with Crippen LogP contribution in [-0.2, 0) is 4.79 Å². The Hall–Kier alpha value is -1.75. The molecule has 1 unspecified atom stereocenters. The minimum absolute atomic E-state index is 0.0191. The van der Waals surface area contributed by atoms with Gasteiger partial charge >= 0.3 is 0 Å². The van der Waals surface area contributed by atoms with Gasteiger partial charge in [0.15, 0.2) is 0 Å². The van der Waals surface area contributed by atoms with Crippen molar-refractivity contribution in [3.05, 3.63) is 24.3 Å². The van der Waals surface area contributed by atoms with Gasteiger partial charge < -0.3 is 20.7 Å². The van der Waals surface area contributed by atoms with Crippen LogP contribution in [0.1, 0.15) is 6.92 Å². The molecule has 1 aromatic carbocycles. The largest absolute Gasteiger partial charge is 0.494 e. The first-order valence-electron chi connectivity index (χ1n) is 6.20. The van der Waals surface area contributed by atoms with Gasteiger partial charge in [-0.2, -0.15) is 0 Å². The molecule has 0 aromatic heterocycles. The van der Waals surface area contributed by atoms with Crippen molar-refractivity contribution in [2.24, 2.45) is 5.73 Å². The molecule has 0 bridgehead atoms. The highest BCUT2D eigenvalue weighted by Gasteiger charge is 2.23. The number of rotatable bonds is 4. The molecule has 18 heavy (non-hydrogen) atoms. The van der Waals surface area contributed by atoms with E-state index in [9.17, 15) is 4.79 Å². The first-order chi connectivity index (χ1) is 8.72. The normalized spacial score (nSPS) is 19.6. The molecule has 5 heteroatoms. The molecule has 0 spiro atoms. The number of ether oxygens (including phenoxy) is 1. The van der Waals surface area contributed by atoms with Gasteiger partial charge in [0, 0.05) is 18.8 Å². The van der Waals surface area contributed by atoms with Crippen LogP contribution < -0.4 is 20.7 Å². The molecule has 98 valence electrons. The molecule has 1 amide bonds. The fraction of sp³-hybridized carbons (Fsp3) is 0.462. The smallest absolute Gasteiger partial charge is 0.239 e. The lowest BCUT2D eigenvalue weighted by atomic mass is 10.1. The molecule has 1 aliphatic heterocycles. The highest BCUT2D eigenvalue weighted by molar-refractivity contribution is 5.83. The Labute approximate surface area is 107 Å². The first kappa shape index (κ1) is 12.7. The Kier molecular flexibility index (Phi) is 4.04. The SMILES string of the molecule is CCOc1ccc(N2CC(=O)NC(CN)C2)cc1. The summed E-state index contributed by atoms with van der Waals surface area (Å²) in [5.41, 5.74) is 6.63. The van der Waals surface area contributed by atoms with Gasteiger partial charge in [0.2, 0.25) is 5.91 Å². The van der Waals surface area contributed by atoms with E-state index in [2.05, 4.69) is 5.32 Å². The Bertz CT molecular complexity index is 405. The summed E-state index contributed by atoms with van der Waals surface area (Å²) in [4.78, 5) is 13.6. The lowest BCUT2D eigenvalue weighted by Gasteiger charge is -2.34. The highest BCUT2D eigenvalue weighted by Crippen LogP contribution is 2.20. The van der Waals surface area contributed by atoms with E-state index in [0.29, 0.717) is 19.7 Å². The topological polar surface area (TPSA) is 67.6 Å². The van der Waals surface area contributed by atoms with Gasteiger partial charge in [-0.1, -0.05) is 0 Å². The number of carbonyl (C=O) groups is 1. The number of piperazine rings is 1. The zero-order valence-electron chi connectivity index (χ0n) is 10.6. The van der Waals surface area contributed by atoms with E-state index in [4.69, 9.17) is 10.5 Å². The molecule has 1 aromatic rings. The molecule has 0 radical (unpaired) electrons. The van der Waals surface area contributed by atoms with Crippen molar-refractivity contribution in [1.82, 2.24) is 5.32 Å². The minimum atomic E-state index is 0.0191. The van der Waals surface area contributed by atoms with Crippen LogP contribution in [0.3, 0.4) is 0 Å². The second-order valence-electron chi connectivity index (χ2n) is 4.31. The van der Waals surface area contributed by atoms with Crippen LogP contribution in [0.5, 0.6) is 5.75 Å². The Balaban J connectivity index is 2.07. The molecular formula is C13H19N3O2. The molecule has 0 saturated carbocycles. The second-order valence-corrected chi connectivity index (χ2v) is 4.31. The van der Waals surface area contributed by atoms with E-state index in [1.165, 1.54) is 0 Å². The van der Waals surface area contributed by atoms with Crippen LogP contribution in [0.15, 0.2) is 24.3 Å². The molecule has 1 aliphatic rings. The summed E-state index contributed by atoms with van der Waals surface area (Å²) in [6, 6.07) is 7.80. The summed E-state index contributed by atoms with van der Waals surface area (Å²) >= 11 is 0. The van der Waals surface area contributed by atoms with Crippen LogP contribution in [0.25, 0.3) is 0 Å². The summed E-state index contributed by atoms with van der Waals surface area (Å²) in [7, 11) is 0. The van der Waals surface area contributed by atoms with Gasteiger partial charge in [-0.05, 0) is 31.2 Å². The average molecular weight is 249 g/mol. The molecule has 1 fully saturated rings. The maximum Gasteiger partial charge on any atom is 0.239 e. The van der Waals surface area contributed by atoms with Gasteiger partial charge in [0.25, 0.3) is 0 Å². The van der Waals surface area contributed by atoms with E-state index in [1.807, 2.05) is 36.1 Å². The predicted molar refractivity (Wildman–Crippen MR) is 70.8 cm³/mol. The molecule has 0 aliphatic carbocycles. The molecule has 5 nitrogen and oxygen atoms in total. The van der Waals surface area contributed by atoms with Crippen molar-refractivity contribution < 1.29 is 9.53 Å². The fourth-order valence-electron chi connectivity index (χ4n) is 2.07. The summed E-state index contributed by atoms with van der Waals surface area (Å²) in [6.07, 6.45) is 0. The Morgan fingerprint density at radius 2 is 2.17 bits per heavy atom. The zero-order valence-corrected chi connectivity index (χ0v) is 10.6. The van der Waals surface area contributed by atoms with Crippen LogP contribution in [-0.4, -0.2) is 38.2 Å². The van der Waals surface area contributed by atoms with Crippen LogP contribution in [0.2, 0.25) is 0 Å². The third kappa shape index (κ3) is 2.92. The van der Waals surface area contributed by atoms with Gasteiger partial charge in [-0.15, -0.1) is 0 Å². The Morgan fingerprint density at radius 1 is 1.44 bits per heavy atom. The van der Waals surface area contributed by atoms with Gasteiger partial charge in [0.05, 0.1) is 19.2 Å². The monoisotopic (exact) mass is 249 g/mol. The number of nitrogens with two attached hydrogens (primary N) is 1. The maximum atomic E-state index is 11.6. The van der Waals surface area contributed by atoms with E-state index in [1.54, 1.807) is 0 Å². The number of carbonyl (C=O) groups excluding carboxylic acids is 1. The predicted octanol–water partition coefficient (Wildman–Crippen LogP) is 0.349. The summed E-state index contributed by atoms with van der Waals surface area (Å²) in [5, 5.41) is 2.87.